The fourth-order valence-corrected chi connectivity index (χ4v) is 7.40. The molecular weight excluding hydrogens is 476 g/mol. The predicted octanol–water partition coefficient (Wildman–Crippen LogP) is 4.66. The summed E-state index contributed by atoms with van der Waals surface area (Å²) in [4.78, 5) is 22.2. The first-order valence-electron chi connectivity index (χ1n) is 9.58. The SMILES string of the molecule is Cc1nc2c(ccc3nc(NC(=O)C4CCCN4S(=O)(=O)c4ccc(Cl)cc4)sc32)s1. The minimum Gasteiger partial charge on any atom is -0.301 e. The van der Waals surface area contributed by atoms with Gasteiger partial charge in [0.25, 0.3) is 0 Å². The third kappa shape index (κ3) is 3.72. The Morgan fingerprint density at radius 1 is 1.16 bits per heavy atom. The molecule has 1 saturated heterocycles. The monoisotopic (exact) mass is 492 g/mol. The zero-order valence-corrected chi connectivity index (χ0v) is 19.5. The number of carbonyl (C=O) groups is 1. The van der Waals surface area contributed by atoms with Crippen LogP contribution in [0.5, 0.6) is 0 Å². The van der Waals surface area contributed by atoms with Crippen LogP contribution in [0.2, 0.25) is 5.02 Å². The van der Waals surface area contributed by atoms with E-state index in [0.29, 0.717) is 29.5 Å². The van der Waals surface area contributed by atoms with Gasteiger partial charge in [0, 0.05) is 11.6 Å². The maximum Gasteiger partial charge on any atom is 0.244 e. The van der Waals surface area contributed by atoms with Gasteiger partial charge in [-0.15, -0.1) is 11.3 Å². The molecule has 0 spiro atoms. The van der Waals surface area contributed by atoms with Crippen LogP contribution < -0.4 is 5.32 Å². The van der Waals surface area contributed by atoms with Gasteiger partial charge < -0.3 is 5.32 Å². The van der Waals surface area contributed by atoms with Gasteiger partial charge in [0.15, 0.2) is 5.13 Å². The lowest BCUT2D eigenvalue weighted by Crippen LogP contribution is -2.43. The quantitative estimate of drug-likeness (QED) is 0.447. The minimum absolute atomic E-state index is 0.123. The average molecular weight is 493 g/mol. The summed E-state index contributed by atoms with van der Waals surface area (Å²) in [6, 6.07) is 9.08. The highest BCUT2D eigenvalue weighted by atomic mass is 35.5. The lowest BCUT2D eigenvalue weighted by Gasteiger charge is -2.23. The Morgan fingerprint density at radius 2 is 1.94 bits per heavy atom. The van der Waals surface area contributed by atoms with Crippen molar-refractivity contribution in [1.82, 2.24) is 14.3 Å². The molecule has 5 rings (SSSR count). The first-order valence-corrected chi connectivity index (χ1v) is 13.0. The number of aromatic nitrogens is 2. The molecule has 2 aromatic heterocycles. The summed E-state index contributed by atoms with van der Waals surface area (Å²) in [5.41, 5.74) is 1.64. The largest absolute Gasteiger partial charge is 0.301 e. The second-order valence-corrected chi connectivity index (χ2v) is 11.8. The van der Waals surface area contributed by atoms with Gasteiger partial charge in [-0.2, -0.15) is 4.31 Å². The number of hydrogen-bond acceptors (Lipinski definition) is 7. The van der Waals surface area contributed by atoms with Crippen LogP contribution in [0.4, 0.5) is 5.13 Å². The fourth-order valence-electron chi connectivity index (χ4n) is 3.76. The Bertz CT molecular complexity index is 1410. The van der Waals surface area contributed by atoms with Crippen LogP contribution in [0, 0.1) is 6.92 Å². The Morgan fingerprint density at radius 3 is 2.71 bits per heavy atom. The molecule has 0 radical (unpaired) electrons. The number of sulfonamides is 1. The third-order valence-corrected chi connectivity index (χ3v) is 9.28. The summed E-state index contributed by atoms with van der Waals surface area (Å²) < 4.78 is 29.4. The molecule has 1 aliphatic rings. The van der Waals surface area contributed by atoms with E-state index in [-0.39, 0.29) is 10.8 Å². The molecule has 11 heteroatoms. The number of amides is 1. The number of rotatable bonds is 4. The number of hydrogen-bond donors (Lipinski definition) is 1. The molecule has 3 heterocycles. The number of halogens is 1. The summed E-state index contributed by atoms with van der Waals surface area (Å²) in [5.74, 6) is -0.375. The van der Waals surface area contributed by atoms with Crippen molar-refractivity contribution in [2.75, 3.05) is 11.9 Å². The van der Waals surface area contributed by atoms with E-state index in [9.17, 15) is 13.2 Å². The zero-order chi connectivity index (χ0) is 21.8. The highest BCUT2D eigenvalue weighted by Crippen LogP contribution is 2.35. The highest BCUT2D eigenvalue weighted by Gasteiger charge is 2.39. The number of nitrogens with zero attached hydrogens (tertiary/aromatic N) is 3. The number of thiazole rings is 2. The molecule has 1 atom stereocenters. The Hall–Kier alpha value is -2.11. The Kier molecular flexibility index (Phi) is 5.22. The molecule has 2 aromatic carbocycles. The van der Waals surface area contributed by atoms with Gasteiger partial charge in [-0.05, 0) is 56.2 Å². The molecular formula is C20H17ClN4O3S3. The number of anilines is 1. The molecule has 1 fully saturated rings. The molecule has 0 bridgehead atoms. The van der Waals surface area contributed by atoms with Crippen molar-refractivity contribution in [2.45, 2.75) is 30.7 Å². The number of aryl methyl sites for hydroxylation is 1. The van der Waals surface area contributed by atoms with Crippen molar-refractivity contribution in [3.05, 3.63) is 46.4 Å². The van der Waals surface area contributed by atoms with Gasteiger partial charge >= 0.3 is 0 Å². The van der Waals surface area contributed by atoms with E-state index < -0.39 is 16.1 Å². The third-order valence-electron chi connectivity index (χ3n) is 5.18. The standard InChI is InChI=1S/C20H17ClN4O3S3/c1-11-22-17-16(29-11)9-8-14-18(17)30-20(23-14)24-19(26)15-3-2-10-25(15)31(27,28)13-6-4-12(21)5-7-13/h4-9,15H,2-3,10H2,1H3,(H,23,24,26). The highest BCUT2D eigenvalue weighted by molar-refractivity contribution is 7.89. The number of carbonyl (C=O) groups excluding carboxylic acids is 1. The zero-order valence-electron chi connectivity index (χ0n) is 16.3. The van der Waals surface area contributed by atoms with Crippen molar-refractivity contribution in [3.63, 3.8) is 0 Å². The number of nitrogens with one attached hydrogen (secondary N) is 1. The van der Waals surface area contributed by atoms with Gasteiger partial charge in [-0.25, -0.2) is 18.4 Å². The summed E-state index contributed by atoms with van der Waals surface area (Å²) in [7, 11) is -3.80. The van der Waals surface area contributed by atoms with Gasteiger partial charge in [0.1, 0.15) is 11.6 Å². The summed E-state index contributed by atoms with van der Waals surface area (Å²) in [5, 5.41) is 4.68. The number of fused-ring (bicyclic) bond motifs is 3. The molecule has 1 amide bonds. The van der Waals surface area contributed by atoms with Crippen molar-refractivity contribution < 1.29 is 13.2 Å². The molecule has 31 heavy (non-hydrogen) atoms. The lowest BCUT2D eigenvalue weighted by atomic mass is 10.2. The second kappa shape index (κ2) is 7.79. The van der Waals surface area contributed by atoms with Crippen LogP contribution in [0.3, 0.4) is 0 Å². The molecule has 0 aliphatic carbocycles. The molecule has 1 unspecified atom stereocenters. The van der Waals surface area contributed by atoms with E-state index >= 15 is 0 Å². The molecule has 1 N–H and O–H groups in total. The van der Waals surface area contributed by atoms with E-state index in [1.165, 1.54) is 39.9 Å². The van der Waals surface area contributed by atoms with Crippen LogP contribution in [-0.2, 0) is 14.8 Å². The summed E-state index contributed by atoms with van der Waals surface area (Å²) in [6.45, 7) is 2.25. The van der Waals surface area contributed by atoms with Crippen molar-refractivity contribution in [3.8, 4) is 0 Å². The molecule has 160 valence electrons. The smallest absolute Gasteiger partial charge is 0.244 e. The van der Waals surface area contributed by atoms with Gasteiger partial charge in [0.2, 0.25) is 15.9 Å². The molecule has 0 saturated carbocycles. The lowest BCUT2D eigenvalue weighted by molar-refractivity contribution is -0.119. The summed E-state index contributed by atoms with van der Waals surface area (Å²) >= 11 is 8.84. The van der Waals surface area contributed by atoms with E-state index in [4.69, 9.17) is 11.6 Å². The fraction of sp³-hybridized carbons (Fsp3) is 0.250. The minimum atomic E-state index is -3.80. The van der Waals surface area contributed by atoms with Gasteiger partial charge in [0.05, 0.1) is 24.8 Å². The van der Waals surface area contributed by atoms with Gasteiger partial charge in [-0.1, -0.05) is 22.9 Å². The second-order valence-electron chi connectivity index (χ2n) is 7.23. The van der Waals surface area contributed by atoms with Crippen molar-refractivity contribution in [2.24, 2.45) is 0 Å². The van der Waals surface area contributed by atoms with Crippen LogP contribution >= 0.6 is 34.3 Å². The Balaban J connectivity index is 1.42. The average Bonchev–Trinajstić information content (AvgIpc) is 3.44. The van der Waals surface area contributed by atoms with Gasteiger partial charge in [-0.3, -0.25) is 4.79 Å². The van der Waals surface area contributed by atoms with Crippen LogP contribution in [0.25, 0.3) is 20.4 Å². The maximum absolute atomic E-state index is 13.1. The van der Waals surface area contributed by atoms with Crippen LogP contribution in [0.15, 0.2) is 41.3 Å². The van der Waals surface area contributed by atoms with Crippen molar-refractivity contribution in [1.29, 1.82) is 0 Å². The first-order chi connectivity index (χ1) is 14.8. The van der Waals surface area contributed by atoms with Crippen molar-refractivity contribution >= 4 is 75.8 Å². The first kappa shape index (κ1) is 20.8. The normalized spacial score (nSPS) is 17.5. The van der Waals surface area contributed by atoms with E-state index in [0.717, 1.165) is 25.4 Å². The Labute approximate surface area is 191 Å². The predicted molar refractivity (Wildman–Crippen MR) is 125 cm³/mol. The van der Waals surface area contributed by atoms with E-state index in [1.54, 1.807) is 11.3 Å². The van der Waals surface area contributed by atoms with Crippen LogP contribution in [-0.4, -0.2) is 41.2 Å². The molecule has 4 aromatic rings. The van der Waals surface area contributed by atoms with E-state index in [1.807, 2.05) is 19.1 Å². The topological polar surface area (TPSA) is 92.3 Å². The van der Waals surface area contributed by atoms with Crippen LogP contribution in [0.1, 0.15) is 17.8 Å². The number of benzene rings is 2. The van der Waals surface area contributed by atoms with E-state index in [2.05, 4.69) is 15.3 Å². The maximum atomic E-state index is 13.1. The molecule has 1 aliphatic heterocycles. The molecule has 7 nitrogen and oxygen atoms in total. The summed E-state index contributed by atoms with van der Waals surface area (Å²) in [6.07, 6.45) is 1.07.